The van der Waals surface area contributed by atoms with Gasteiger partial charge in [0, 0.05) is 19.0 Å². The number of nitrogens with one attached hydrogen (secondary N) is 1. The Balaban J connectivity index is 1.44. The number of nitrogens with zero attached hydrogens (tertiary/aromatic N) is 1. The molecule has 2 aromatic rings. The minimum atomic E-state index is -1.04. The highest BCUT2D eigenvalue weighted by molar-refractivity contribution is 5.90. The van der Waals surface area contributed by atoms with Crippen molar-refractivity contribution in [2.24, 2.45) is 5.92 Å². The van der Waals surface area contributed by atoms with E-state index in [1.807, 2.05) is 36.4 Å². The summed E-state index contributed by atoms with van der Waals surface area (Å²) in [5, 5.41) is 2.66. The van der Waals surface area contributed by atoms with Crippen LogP contribution in [0.2, 0.25) is 0 Å². The van der Waals surface area contributed by atoms with E-state index in [9.17, 15) is 14.4 Å². The standard InChI is InChI=1S/C29H36N2O5/c1-19-13-15-31(16-14-19)27(33)25(17-26(32)36-29(2,3)4)30-28(34)35-18-24-22-11-7-5-9-20(22)21-10-6-8-12-23(21)24/h5-12,19,24-25H,13-18H2,1-4H3,(H,30,34)/t25-/m0/s1. The SMILES string of the molecule is CC1CCN(C(=O)[C@H](CC(=O)OC(C)(C)C)NC(=O)OCC2c3ccccc3-c3ccccc32)CC1. The van der Waals surface area contributed by atoms with Crippen LogP contribution >= 0.6 is 0 Å². The number of rotatable bonds is 6. The van der Waals surface area contributed by atoms with Gasteiger partial charge in [0.25, 0.3) is 0 Å². The summed E-state index contributed by atoms with van der Waals surface area (Å²) in [6.45, 7) is 8.82. The van der Waals surface area contributed by atoms with Crippen molar-refractivity contribution in [3.63, 3.8) is 0 Å². The van der Waals surface area contributed by atoms with Crippen LogP contribution < -0.4 is 5.32 Å². The number of amides is 2. The third kappa shape index (κ3) is 6.07. The predicted octanol–water partition coefficient (Wildman–Crippen LogP) is 4.88. The van der Waals surface area contributed by atoms with Crippen LogP contribution in [0.5, 0.6) is 0 Å². The Bertz CT molecular complexity index is 1070. The van der Waals surface area contributed by atoms with Gasteiger partial charge in [0.05, 0.1) is 6.42 Å². The van der Waals surface area contributed by atoms with E-state index in [0.717, 1.165) is 35.1 Å². The number of ether oxygens (including phenoxy) is 2. The van der Waals surface area contributed by atoms with E-state index in [0.29, 0.717) is 19.0 Å². The minimum Gasteiger partial charge on any atom is -0.460 e. The third-order valence-corrected chi connectivity index (χ3v) is 6.82. The summed E-state index contributed by atoms with van der Waals surface area (Å²) in [5.74, 6) is -0.355. The van der Waals surface area contributed by atoms with Crippen molar-refractivity contribution in [2.75, 3.05) is 19.7 Å². The second-order valence-corrected chi connectivity index (χ2v) is 10.8. The quantitative estimate of drug-likeness (QED) is 0.581. The minimum absolute atomic E-state index is 0.0910. The molecule has 1 N–H and O–H groups in total. The first-order valence-electron chi connectivity index (χ1n) is 12.7. The molecule has 1 fully saturated rings. The van der Waals surface area contributed by atoms with E-state index in [1.165, 1.54) is 0 Å². The van der Waals surface area contributed by atoms with Crippen molar-refractivity contribution < 1.29 is 23.9 Å². The Morgan fingerprint density at radius 1 is 0.972 bits per heavy atom. The lowest BCUT2D eigenvalue weighted by molar-refractivity contribution is -0.157. The summed E-state index contributed by atoms with van der Waals surface area (Å²) in [6.07, 6.45) is 0.835. The fourth-order valence-corrected chi connectivity index (χ4v) is 4.98. The van der Waals surface area contributed by atoms with E-state index >= 15 is 0 Å². The largest absolute Gasteiger partial charge is 0.460 e. The molecule has 1 heterocycles. The molecule has 1 aliphatic heterocycles. The van der Waals surface area contributed by atoms with Gasteiger partial charge >= 0.3 is 12.1 Å². The Morgan fingerprint density at radius 2 is 1.53 bits per heavy atom. The molecule has 7 nitrogen and oxygen atoms in total. The summed E-state index contributed by atoms with van der Waals surface area (Å²) >= 11 is 0. The lowest BCUT2D eigenvalue weighted by Gasteiger charge is -2.33. The average Bonchev–Trinajstić information content (AvgIpc) is 3.15. The van der Waals surface area contributed by atoms with Crippen LogP contribution in [0.3, 0.4) is 0 Å². The molecule has 1 aliphatic carbocycles. The van der Waals surface area contributed by atoms with Gasteiger partial charge in [-0.15, -0.1) is 0 Å². The molecule has 0 saturated carbocycles. The predicted molar refractivity (Wildman–Crippen MR) is 137 cm³/mol. The molecule has 1 atom stereocenters. The highest BCUT2D eigenvalue weighted by Gasteiger charge is 2.33. The summed E-state index contributed by atoms with van der Waals surface area (Å²) in [6, 6.07) is 15.2. The number of likely N-dealkylation sites (tertiary alicyclic amines) is 1. The molecular formula is C29H36N2O5. The Hall–Kier alpha value is -3.35. The second kappa shape index (κ2) is 10.7. The van der Waals surface area contributed by atoms with Crippen LogP contribution in [0.4, 0.5) is 4.79 Å². The van der Waals surface area contributed by atoms with Crippen molar-refractivity contribution in [1.29, 1.82) is 0 Å². The van der Waals surface area contributed by atoms with E-state index in [4.69, 9.17) is 9.47 Å². The maximum Gasteiger partial charge on any atom is 0.407 e. The summed E-state index contributed by atoms with van der Waals surface area (Å²) < 4.78 is 11.1. The summed E-state index contributed by atoms with van der Waals surface area (Å²) in [4.78, 5) is 40.4. The molecular weight excluding hydrogens is 456 g/mol. The zero-order valence-electron chi connectivity index (χ0n) is 21.6. The maximum atomic E-state index is 13.3. The fraction of sp³-hybridized carbons (Fsp3) is 0.483. The van der Waals surface area contributed by atoms with E-state index in [-0.39, 0.29) is 24.9 Å². The first-order chi connectivity index (χ1) is 17.1. The van der Waals surface area contributed by atoms with Crippen LogP contribution in [0, 0.1) is 5.92 Å². The molecule has 0 radical (unpaired) electrons. The average molecular weight is 493 g/mol. The van der Waals surface area contributed by atoms with Gasteiger partial charge < -0.3 is 19.7 Å². The lowest BCUT2D eigenvalue weighted by Crippen LogP contribution is -2.52. The van der Waals surface area contributed by atoms with Gasteiger partial charge in [-0.1, -0.05) is 55.5 Å². The molecule has 2 aromatic carbocycles. The van der Waals surface area contributed by atoms with E-state index < -0.39 is 23.7 Å². The highest BCUT2D eigenvalue weighted by atomic mass is 16.6. The Labute approximate surface area is 213 Å². The number of carbonyl (C=O) groups excluding carboxylic acids is 3. The van der Waals surface area contributed by atoms with Crippen LogP contribution in [0.15, 0.2) is 48.5 Å². The molecule has 0 spiro atoms. The van der Waals surface area contributed by atoms with Crippen LogP contribution in [0.25, 0.3) is 11.1 Å². The number of alkyl carbamates (subject to hydrolysis) is 1. The van der Waals surface area contributed by atoms with Gasteiger partial charge in [-0.2, -0.15) is 0 Å². The molecule has 36 heavy (non-hydrogen) atoms. The maximum absolute atomic E-state index is 13.3. The number of esters is 1. The molecule has 2 aliphatic rings. The number of hydrogen-bond donors (Lipinski definition) is 1. The topological polar surface area (TPSA) is 84.9 Å². The molecule has 192 valence electrons. The monoisotopic (exact) mass is 492 g/mol. The molecule has 7 heteroatoms. The van der Waals surface area contributed by atoms with Gasteiger partial charge in [-0.05, 0) is 61.8 Å². The van der Waals surface area contributed by atoms with Crippen molar-refractivity contribution in [1.82, 2.24) is 10.2 Å². The molecule has 2 amide bonds. The molecule has 1 saturated heterocycles. The van der Waals surface area contributed by atoms with Gasteiger partial charge in [0.1, 0.15) is 18.2 Å². The number of piperidine rings is 1. The third-order valence-electron chi connectivity index (χ3n) is 6.82. The smallest absolute Gasteiger partial charge is 0.407 e. The summed E-state index contributed by atoms with van der Waals surface area (Å²) in [7, 11) is 0. The van der Waals surface area contributed by atoms with Crippen molar-refractivity contribution in [3.05, 3.63) is 59.7 Å². The van der Waals surface area contributed by atoms with Gasteiger partial charge in [-0.25, -0.2) is 4.79 Å². The first kappa shape index (κ1) is 25.7. The van der Waals surface area contributed by atoms with E-state index in [1.54, 1.807) is 25.7 Å². The number of hydrogen-bond acceptors (Lipinski definition) is 5. The first-order valence-corrected chi connectivity index (χ1v) is 12.7. The Kier molecular flexibility index (Phi) is 7.67. The van der Waals surface area contributed by atoms with Crippen molar-refractivity contribution in [2.45, 2.75) is 64.5 Å². The molecule has 0 aromatic heterocycles. The number of carbonyl (C=O) groups is 3. The van der Waals surface area contributed by atoms with Crippen LogP contribution in [-0.2, 0) is 19.1 Å². The van der Waals surface area contributed by atoms with Gasteiger partial charge in [-0.3, -0.25) is 9.59 Å². The normalized spacial score (nSPS) is 16.6. The van der Waals surface area contributed by atoms with Crippen molar-refractivity contribution in [3.8, 4) is 11.1 Å². The molecule has 0 bridgehead atoms. The second-order valence-electron chi connectivity index (χ2n) is 10.8. The van der Waals surface area contributed by atoms with Gasteiger partial charge in [0.15, 0.2) is 0 Å². The summed E-state index contributed by atoms with van der Waals surface area (Å²) in [5.41, 5.74) is 3.80. The highest BCUT2D eigenvalue weighted by Crippen LogP contribution is 2.44. The van der Waals surface area contributed by atoms with Crippen LogP contribution in [-0.4, -0.2) is 54.2 Å². The van der Waals surface area contributed by atoms with E-state index in [2.05, 4.69) is 24.4 Å². The number of benzene rings is 2. The Morgan fingerprint density at radius 3 is 2.08 bits per heavy atom. The van der Waals surface area contributed by atoms with Crippen LogP contribution in [0.1, 0.15) is 64.0 Å². The fourth-order valence-electron chi connectivity index (χ4n) is 4.98. The zero-order chi connectivity index (χ0) is 25.9. The lowest BCUT2D eigenvalue weighted by atomic mass is 9.98. The van der Waals surface area contributed by atoms with Gasteiger partial charge in [0.2, 0.25) is 5.91 Å². The van der Waals surface area contributed by atoms with Crippen molar-refractivity contribution >= 4 is 18.0 Å². The molecule has 0 unspecified atom stereocenters. The zero-order valence-corrected chi connectivity index (χ0v) is 21.6. The molecule has 4 rings (SSSR count). The number of fused-ring (bicyclic) bond motifs is 3.